The minimum atomic E-state index is -0.366. The summed E-state index contributed by atoms with van der Waals surface area (Å²) < 4.78 is 10.3. The fraction of sp³-hybridized carbons (Fsp3) is 0.238. The maximum atomic E-state index is 12.0. The molecule has 2 aromatic rings. The molecular formula is C21H21NO4. The maximum absolute atomic E-state index is 12.0. The largest absolute Gasteiger partial charge is 0.494 e. The predicted molar refractivity (Wildman–Crippen MR) is 101 cm³/mol. The normalized spacial score (nSPS) is 13.3. The Hall–Kier alpha value is -3.08. The molecule has 26 heavy (non-hydrogen) atoms. The van der Waals surface area contributed by atoms with Crippen molar-refractivity contribution in [2.45, 2.75) is 13.3 Å². The molecule has 5 heteroatoms. The molecule has 1 amide bonds. The van der Waals surface area contributed by atoms with Crippen LogP contribution in [0.5, 0.6) is 5.75 Å². The van der Waals surface area contributed by atoms with Crippen LogP contribution in [0, 0.1) is 0 Å². The van der Waals surface area contributed by atoms with Crippen molar-refractivity contribution in [1.82, 2.24) is 0 Å². The van der Waals surface area contributed by atoms with Crippen molar-refractivity contribution in [2.24, 2.45) is 0 Å². The summed E-state index contributed by atoms with van der Waals surface area (Å²) >= 11 is 0. The van der Waals surface area contributed by atoms with E-state index in [0.717, 1.165) is 34.5 Å². The van der Waals surface area contributed by atoms with Crippen LogP contribution in [0.3, 0.4) is 0 Å². The van der Waals surface area contributed by atoms with Crippen molar-refractivity contribution in [2.75, 3.05) is 25.2 Å². The molecule has 3 rings (SSSR count). The van der Waals surface area contributed by atoms with E-state index < -0.39 is 0 Å². The first-order chi connectivity index (χ1) is 12.7. The fourth-order valence-corrected chi connectivity index (χ4v) is 3.04. The minimum Gasteiger partial charge on any atom is -0.494 e. The Morgan fingerprint density at radius 3 is 2.54 bits per heavy atom. The molecule has 134 valence electrons. The van der Waals surface area contributed by atoms with Gasteiger partial charge in [-0.3, -0.25) is 4.79 Å². The Bertz CT molecular complexity index is 840. The lowest BCUT2D eigenvalue weighted by atomic mass is 10.0. The van der Waals surface area contributed by atoms with Crippen molar-refractivity contribution in [3.63, 3.8) is 0 Å². The number of esters is 1. The Morgan fingerprint density at radius 2 is 1.88 bits per heavy atom. The average Bonchev–Trinajstić information content (AvgIpc) is 2.87. The SMILES string of the molecule is CCOc1ccc(-c2ccc3c(c2)C=C(C(=O)OC)CCN3C=O)cc1. The number of anilines is 1. The van der Waals surface area contributed by atoms with Gasteiger partial charge in [0.1, 0.15) is 5.75 Å². The number of carbonyl (C=O) groups is 2. The number of hydrogen-bond acceptors (Lipinski definition) is 4. The van der Waals surface area contributed by atoms with E-state index in [1.165, 1.54) is 7.11 Å². The van der Waals surface area contributed by atoms with E-state index in [0.29, 0.717) is 25.1 Å². The van der Waals surface area contributed by atoms with Gasteiger partial charge in [0.25, 0.3) is 0 Å². The van der Waals surface area contributed by atoms with Crippen LogP contribution in [-0.2, 0) is 14.3 Å². The van der Waals surface area contributed by atoms with Crippen LogP contribution in [0.2, 0.25) is 0 Å². The van der Waals surface area contributed by atoms with E-state index in [-0.39, 0.29) is 5.97 Å². The molecule has 0 saturated carbocycles. The molecule has 0 N–H and O–H groups in total. The lowest BCUT2D eigenvalue weighted by Gasteiger charge is -2.18. The molecule has 0 spiro atoms. The van der Waals surface area contributed by atoms with Gasteiger partial charge < -0.3 is 14.4 Å². The molecule has 2 aromatic carbocycles. The van der Waals surface area contributed by atoms with Crippen LogP contribution < -0.4 is 9.64 Å². The van der Waals surface area contributed by atoms with E-state index in [4.69, 9.17) is 9.47 Å². The molecule has 0 aromatic heterocycles. The Morgan fingerprint density at radius 1 is 1.15 bits per heavy atom. The molecule has 1 aliphatic rings. The Kier molecular flexibility index (Phi) is 5.37. The van der Waals surface area contributed by atoms with Gasteiger partial charge >= 0.3 is 5.97 Å². The topological polar surface area (TPSA) is 55.8 Å². The molecule has 1 heterocycles. The summed E-state index contributed by atoms with van der Waals surface area (Å²) in [4.78, 5) is 25.0. The fourth-order valence-electron chi connectivity index (χ4n) is 3.04. The number of amides is 1. The highest BCUT2D eigenvalue weighted by atomic mass is 16.5. The number of benzene rings is 2. The first-order valence-electron chi connectivity index (χ1n) is 8.54. The van der Waals surface area contributed by atoms with Crippen LogP contribution in [0.15, 0.2) is 48.0 Å². The van der Waals surface area contributed by atoms with Gasteiger partial charge in [0.15, 0.2) is 0 Å². The highest BCUT2D eigenvalue weighted by Crippen LogP contribution is 2.32. The molecule has 0 atom stereocenters. The first kappa shape index (κ1) is 17.7. The third-order valence-corrected chi connectivity index (χ3v) is 4.36. The first-order valence-corrected chi connectivity index (χ1v) is 8.54. The number of rotatable bonds is 5. The molecule has 0 saturated heterocycles. The molecular weight excluding hydrogens is 330 g/mol. The van der Waals surface area contributed by atoms with Crippen molar-refractivity contribution in [1.29, 1.82) is 0 Å². The van der Waals surface area contributed by atoms with Crippen molar-refractivity contribution in [3.05, 3.63) is 53.6 Å². The molecule has 0 bridgehead atoms. The second-order valence-corrected chi connectivity index (χ2v) is 5.94. The van der Waals surface area contributed by atoms with Crippen LogP contribution in [0.4, 0.5) is 5.69 Å². The van der Waals surface area contributed by atoms with Gasteiger partial charge in [-0.1, -0.05) is 18.2 Å². The van der Waals surface area contributed by atoms with Gasteiger partial charge in [0, 0.05) is 12.1 Å². The molecule has 1 aliphatic heterocycles. The summed E-state index contributed by atoms with van der Waals surface area (Å²) in [7, 11) is 1.36. The highest BCUT2D eigenvalue weighted by Gasteiger charge is 2.20. The third kappa shape index (κ3) is 3.61. The van der Waals surface area contributed by atoms with Crippen LogP contribution in [0.25, 0.3) is 17.2 Å². The van der Waals surface area contributed by atoms with E-state index in [1.807, 2.05) is 55.5 Å². The van der Waals surface area contributed by atoms with Crippen LogP contribution >= 0.6 is 0 Å². The lowest BCUT2D eigenvalue weighted by Crippen LogP contribution is -2.23. The number of hydrogen-bond donors (Lipinski definition) is 0. The molecule has 0 fully saturated rings. The summed E-state index contributed by atoms with van der Waals surface area (Å²) in [6.07, 6.45) is 3.06. The van der Waals surface area contributed by atoms with Crippen LogP contribution in [-0.4, -0.2) is 32.6 Å². The summed E-state index contributed by atoms with van der Waals surface area (Å²) in [5.74, 6) is 0.459. The second-order valence-electron chi connectivity index (χ2n) is 5.94. The van der Waals surface area contributed by atoms with Gasteiger partial charge in [0.05, 0.1) is 19.4 Å². The van der Waals surface area contributed by atoms with Crippen molar-refractivity contribution >= 4 is 24.1 Å². The lowest BCUT2D eigenvalue weighted by molar-refractivity contribution is -0.136. The molecule has 0 aliphatic carbocycles. The van der Waals surface area contributed by atoms with E-state index in [9.17, 15) is 9.59 Å². The van der Waals surface area contributed by atoms with E-state index in [1.54, 1.807) is 4.90 Å². The maximum Gasteiger partial charge on any atom is 0.333 e. The van der Waals surface area contributed by atoms with Gasteiger partial charge in [0.2, 0.25) is 6.41 Å². The molecule has 0 unspecified atom stereocenters. The monoisotopic (exact) mass is 351 g/mol. The number of ether oxygens (including phenoxy) is 2. The summed E-state index contributed by atoms with van der Waals surface area (Å²) in [5, 5.41) is 0. The second kappa shape index (κ2) is 7.87. The quantitative estimate of drug-likeness (QED) is 0.609. The zero-order chi connectivity index (χ0) is 18.5. The summed E-state index contributed by atoms with van der Waals surface area (Å²) in [6, 6.07) is 13.7. The predicted octanol–water partition coefficient (Wildman–Crippen LogP) is 3.68. The summed E-state index contributed by atoms with van der Waals surface area (Å²) in [5.41, 5.74) is 4.20. The minimum absolute atomic E-state index is 0.366. The highest BCUT2D eigenvalue weighted by molar-refractivity contribution is 5.97. The van der Waals surface area contributed by atoms with Gasteiger partial charge in [-0.2, -0.15) is 0 Å². The standard InChI is InChI=1S/C21H21NO4/c1-3-26-19-7-4-15(5-8-19)16-6-9-20-18(12-16)13-17(21(24)25-2)10-11-22(20)14-23/h4-9,12-14H,3,10-11H2,1-2H3. The number of nitrogens with zero attached hydrogens (tertiary/aromatic N) is 1. The van der Waals surface area contributed by atoms with E-state index in [2.05, 4.69) is 0 Å². The Balaban J connectivity index is 2.02. The smallest absolute Gasteiger partial charge is 0.333 e. The van der Waals surface area contributed by atoms with Crippen LogP contribution in [0.1, 0.15) is 18.9 Å². The molecule has 0 radical (unpaired) electrons. The number of fused-ring (bicyclic) bond motifs is 1. The zero-order valence-electron chi connectivity index (χ0n) is 14.9. The number of methoxy groups -OCH3 is 1. The average molecular weight is 351 g/mol. The van der Waals surface area contributed by atoms with Crippen molar-refractivity contribution in [3.8, 4) is 16.9 Å². The zero-order valence-corrected chi connectivity index (χ0v) is 14.9. The number of carbonyl (C=O) groups excluding carboxylic acids is 2. The van der Waals surface area contributed by atoms with Gasteiger partial charge in [-0.25, -0.2) is 4.79 Å². The third-order valence-electron chi connectivity index (χ3n) is 4.36. The summed E-state index contributed by atoms with van der Waals surface area (Å²) in [6.45, 7) is 3.02. The van der Waals surface area contributed by atoms with Gasteiger partial charge in [-0.15, -0.1) is 0 Å². The van der Waals surface area contributed by atoms with Gasteiger partial charge in [-0.05, 0) is 60.4 Å². The molecule has 5 nitrogen and oxygen atoms in total. The Labute approximate surface area is 152 Å². The van der Waals surface area contributed by atoms with E-state index >= 15 is 0 Å². The van der Waals surface area contributed by atoms with Crippen molar-refractivity contribution < 1.29 is 19.1 Å².